The molecule has 0 aromatic heterocycles. The molecule has 0 aromatic rings. The van der Waals surface area contributed by atoms with Crippen LogP contribution in [-0.2, 0) is 52.2 Å². The number of rotatable bonds is 22. The Morgan fingerprint density at radius 3 is 0.828 bits per heavy atom. The lowest BCUT2D eigenvalue weighted by Gasteiger charge is -2.08. The summed E-state index contributed by atoms with van der Waals surface area (Å²) < 4.78 is 45.5. The van der Waals surface area contributed by atoms with Crippen LogP contribution in [-0.4, -0.2) is 119 Å². The molecule has 0 heterocycles. The molecule has 0 amide bonds. The molecule has 0 radical (unpaired) electrons. The SMILES string of the molecule is COC(=O)COCCOCCOCCOCCOCCOCCOCC(=O)OC. The molecule has 11 heteroatoms. The summed E-state index contributed by atoms with van der Waals surface area (Å²) in [7, 11) is 2.62. The highest BCUT2D eigenvalue weighted by Crippen LogP contribution is 1.86. The van der Waals surface area contributed by atoms with Gasteiger partial charge in [-0.05, 0) is 0 Å². The molecule has 29 heavy (non-hydrogen) atoms. The minimum atomic E-state index is -0.411. The van der Waals surface area contributed by atoms with Gasteiger partial charge in [-0.3, -0.25) is 0 Å². The van der Waals surface area contributed by atoms with Gasteiger partial charge in [0.15, 0.2) is 0 Å². The number of carbonyl (C=O) groups is 2. The molecule has 172 valence electrons. The molecular weight excluding hydrogens is 392 g/mol. The van der Waals surface area contributed by atoms with Crippen molar-refractivity contribution in [3.05, 3.63) is 0 Å². The molecule has 0 bridgehead atoms. The highest BCUT2D eigenvalue weighted by molar-refractivity contribution is 5.70. The monoisotopic (exact) mass is 426 g/mol. The molecule has 0 spiro atoms. The fourth-order valence-corrected chi connectivity index (χ4v) is 1.65. The van der Waals surface area contributed by atoms with Crippen molar-refractivity contribution in [3.63, 3.8) is 0 Å². The van der Waals surface area contributed by atoms with E-state index in [0.29, 0.717) is 79.3 Å². The Balaban J connectivity index is 3.05. The Bertz CT molecular complexity index is 345. The Hall–Kier alpha value is -1.34. The third kappa shape index (κ3) is 22.8. The van der Waals surface area contributed by atoms with E-state index in [4.69, 9.17) is 33.2 Å². The predicted octanol–water partition coefficient (Wildman–Crippen LogP) is -0.551. The van der Waals surface area contributed by atoms with Crippen molar-refractivity contribution < 1.29 is 52.2 Å². The van der Waals surface area contributed by atoms with Crippen molar-refractivity contribution in [3.8, 4) is 0 Å². The van der Waals surface area contributed by atoms with E-state index in [1.807, 2.05) is 0 Å². The van der Waals surface area contributed by atoms with Gasteiger partial charge in [0.1, 0.15) is 13.2 Å². The molecule has 11 nitrogen and oxygen atoms in total. The third-order valence-corrected chi connectivity index (χ3v) is 3.13. The van der Waals surface area contributed by atoms with Gasteiger partial charge >= 0.3 is 11.9 Å². The van der Waals surface area contributed by atoms with E-state index < -0.39 is 11.9 Å². The van der Waals surface area contributed by atoms with E-state index in [2.05, 4.69) is 9.47 Å². The van der Waals surface area contributed by atoms with Crippen LogP contribution >= 0.6 is 0 Å². The molecule has 0 saturated carbocycles. The number of esters is 2. The van der Waals surface area contributed by atoms with Gasteiger partial charge in [-0.15, -0.1) is 0 Å². The van der Waals surface area contributed by atoms with Crippen molar-refractivity contribution in [1.29, 1.82) is 0 Å². The summed E-state index contributed by atoms with van der Waals surface area (Å²) >= 11 is 0. The lowest BCUT2D eigenvalue weighted by atomic mass is 10.6. The van der Waals surface area contributed by atoms with Crippen molar-refractivity contribution >= 4 is 11.9 Å². The Labute approximate surface area is 171 Å². The fraction of sp³-hybridized carbons (Fsp3) is 0.889. The van der Waals surface area contributed by atoms with Crippen LogP contribution in [0.1, 0.15) is 0 Å². The molecule has 0 saturated heterocycles. The van der Waals surface area contributed by atoms with Crippen LogP contribution in [0, 0.1) is 0 Å². The first kappa shape index (κ1) is 27.7. The van der Waals surface area contributed by atoms with Crippen molar-refractivity contribution in [1.82, 2.24) is 0 Å². The van der Waals surface area contributed by atoms with Crippen molar-refractivity contribution in [2.75, 3.05) is 107 Å². The summed E-state index contributed by atoms with van der Waals surface area (Å²) in [6, 6.07) is 0. The second-order valence-electron chi connectivity index (χ2n) is 5.32. The topological polar surface area (TPSA) is 117 Å². The average Bonchev–Trinajstić information content (AvgIpc) is 2.74. The largest absolute Gasteiger partial charge is 0.467 e. The van der Waals surface area contributed by atoms with Gasteiger partial charge in [0.25, 0.3) is 0 Å². The van der Waals surface area contributed by atoms with Gasteiger partial charge in [-0.2, -0.15) is 0 Å². The van der Waals surface area contributed by atoms with Crippen LogP contribution < -0.4 is 0 Å². The van der Waals surface area contributed by atoms with E-state index in [-0.39, 0.29) is 13.2 Å². The maximum atomic E-state index is 10.8. The summed E-state index contributed by atoms with van der Waals surface area (Å²) in [4.78, 5) is 21.6. The van der Waals surface area contributed by atoms with Crippen LogP contribution in [0.3, 0.4) is 0 Å². The molecule has 0 unspecified atom stereocenters. The Morgan fingerprint density at radius 1 is 0.414 bits per heavy atom. The quantitative estimate of drug-likeness (QED) is 0.164. The molecule has 0 aromatic carbocycles. The Kier molecular flexibility index (Phi) is 21.9. The first-order valence-electron chi connectivity index (χ1n) is 9.38. The van der Waals surface area contributed by atoms with E-state index in [9.17, 15) is 9.59 Å². The molecule has 0 rings (SSSR count). The fourth-order valence-electron chi connectivity index (χ4n) is 1.65. The molecule has 0 aliphatic heterocycles. The molecule has 0 N–H and O–H groups in total. The van der Waals surface area contributed by atoms with E-state index >= 15 is 0 Å². The maximum Gasteiger partial charge on any atom is 0.331 e. The van der Waals surface area contributed by atoms with Crippen LogP contribution in [0.25, 0.3) is 0 Å². The average molecular weight is 426 g/mol. The predicted molar refractivity (Wildman–Crippen MR) is 99.8 cm³/mol. The van der Waals surface area contributed by atoms with Crippen molar-refractivity contribution in [2.45, 2.75) is 0 Å². The standard InChI is InChI=1S/C18H34O11/c1-21-17(19)15-28-13-11-26-9-7-24-5-3-23-4-6-25-8-10-27-12-14-29-16-18(20)22-2/h3-16H2,1-2H3. The second-order valence-corrected chi connectivity index (χ2v) is 5.32. The lowest BCUT2D eigenvalue weighted by Crippen LogP contribution is -2.16. The summed E-state index contributed by atoms with van der Waals surface area (Å²) in [5.74, 6) is -0.822. The van der Waals surface area contributed by atoms with E-state index in [0.717, 1.165) is 0 Å². The smallest absolute Gasteiger partial charge is 0.331 e. The number of methoxy groups -OCH3 is 2. The first-order valence-corrected chi connectivity index (χ1v) is 9.38. The molecule has 0 fully saturated rings. The highest BCUT2D eigenvalue weighted by Gasteiger charge is 2.00. The normalized spacial score (nSPS) is 10.8. The van der Waals surface area contributed by atoms with Gasteiger partial charge in [-0.1, -0.05) is 0 Å². The maximum absolute atomic E-state index is 10.8. The van der Waals surface area contributed by atoms with Gasteiger partial charge in [0.05, 0.1) is 93.5 Å². The van der Waals surface area contributed by atoms with Gasteiger partial charge in [-0.25, -0.2) is 9.59 Å². The van der Waals surface area contributed by atoms with Gasteiger partial charge < -0.3 is 42.6 Å². The Morgan fingerprint density at radius 2 is 0.621 bits per heavy atom. The van der Waals surface area contributed by atoms with Crippen LogP contribution in [0.2, 0.25) is 0 Å². The van der Waals surface area contributed by atoms with E-state index in [1.54, 1.807) is 0 Å². The third-order valence-electron chi connectivity index (χ3n) is 3.13. The van der Waals surface area contributed by atoms with Gasteiger partial charge in [0.2, 0.25) is 0 Å². The number of hydrogen-bond acceptors (Lipinski definition) is 11. The van der Waals surface area contributed by atoms with Crippen molar-refractivity contribution in [2.24, 2.45) is 0 Å². The summed E-state index contributed by atoms with van der Waals surface area (Å²) in [5, 5.41) is 0. The minimum Gasteiger partial charge on any atom is -0.467 e. The highest BCUT2D eigenvalue weighted by atomic mass is 16.6. The number of hydrogen-bond donors (Lipinski definition) is 0. The lowest BCUT2D eigenvalue weighted by molar-refractivity contribution is -0.147. The zero-order valence-electron chi connectivity index (χ0n) is 17.4. The van der Waals surface area contributed by atoms with Crippen LogP contribution in [0.5, 0.6) is 0 Å². The zero-order chi connectivity index (χ0) is 21.4. The summed E-state index contributed by atoms with van der Waals surface area (Å²) in [5.41, 5.74) is 0. The number of carbonyl (C=O) groups excluding carboxylic acids is 2. The summed E-state index contributed by atoms with van der Waals surface area (Å²) in [6.07, 6.45) is 0. The van der Waals surface area contributed by atoms with Gasteiger partial charge in [0, 0.05) is 0 Å². The van der Waals surface area contributed by atoms with E-state index in [1.165, 1.54) is 14.2 Å². The molecule has 0 aliphatic carbocycles. The number of ether oxygens (including phenoxy) is 9. The molecular formula is C18H34O11. The summed E-state index contributed by atoms with van der Waals surface area (Å²) in [6.45, 7) is 4.96. The second kappa shape index (κ2) is 22.9. The zero-order valence-corrected chi connectivity index (χ0v) is 17.4. The molecule has 0 aliphatic rings. The first-order chi connectivity index (χ1) is 14.2. The minimum absolute atomic E-state index is 0.0715. The van der Waals surface area contributed by atoms with Crippen LogP contribution in [0.4, 0.5) is 0 Å². The van der Waals surface area contributed by atoms with Crippen LogP contribution in [0.15, 0.2) is 0 Å². The molecule has 0 atom stereocenters.